The van der Waals surface area contributed by atoms with Gasteiger partial charge in [-0.25, -0.2) is 0 Å². The smallest absolute Gasteiger partial charge is 0.240 e. The molecule has 4 heteroatoms. The van der Waals surface area contributed by atoms with E-state index in [0.717, 1.165) is 19.4 Å². The number of nitrogens with two attached hydrogens (primary N) is 1. The lowest BCUT2D eigenvalue weighted by Gasteiger charge is -2.37. The number of amides is 1. The van der Waals surface area contributed by atoms with Crippen LogP contribution < -0.4 is 5.73 Å². The Bertz CT molecular complexity index is 452. The van der Waals surface area contributed by atoms with Gasteiger partial charge in [-0.3, -0.25) is 4.79 Å². The molecule has 0 spiro atoms. The molecule has 2 unspecified atom stereocenters. The zero-order chi connectivity index (χ0) is 12.7. The van der Waals surface area contributed by atoms with E-state index < -0.39 is 0 Å². The van der Waals surface area contributed by atoms with Crippen LogP contribution in [0.2, 0.25) is 0 Å². The highest BCUT2D eigenvalue weighted by atomic mass is 32.1. The van der Waals surface area contributed by atoms with E-state index in [2.05, 4.69) is 16.3 Å². The van der Waals surface area contributed by atoms with Gasteiger partial charge < -0.3 is 10.6 Å². The lowest BCUT2D eigenvalue weighted by atomic mass is 9.95. The first-order valence-electron chi connectivity index (χ1n) is 6.84. The van der Waals surface area contributed by atoms with Gasteiger partial charge in [-0.15, -0.1) is 11.3 Å². The largest absolute Gasteiger partial charge is 0.334 e. The minimum atomic E-state index is -0.327. The van der Waals surface area contributed by atoms with Gasteiger partial charge in [0.1, 0.15) is 0 Å². The summed E-state index contributed by atoms with van der Waals surface area (Å²) in [6, 6.07) is 2.19. The molecule has 2 N–H and O–H groups in total. The van der Waals surface area contributed by atoms with E-state index in [1.807, 2.05) is 18.3 Å². The van der Waals surface area contributed by atoms with E-state index >= 15 is 0 Å². The Kier molecular flexibility index (Phi) is 3.16. The van der Waals surface area contributed by atoms with Crippen LogP contribution in [0.4, 0.5) is 0 Å². The van der Waals surface area contributed by atoms with Gasteiger partial charge in [-0.1, -0.05) is 6.92 Å². The van der Waals surface area contributed by atoms with E-state index in [0.29, 0.717) is 12.0 Å². The van der Waals surface area contributed by atoms with E-state index in [1.165, 1.54) is 23.3 Å². The Balaban J connectivity index is 1.89. The highest BCUT2D eigenvalue weighted by molar-refractivity contribution is 7.10. The Labute approximate surface area is 112 Å². The second kappa shape index (κ2) is 4.67. The summed E-state index contributed by atoms with van der Waals surface area (Å²) < 4.78 is 0. The van der Waals surface area contributed by atoms with Crippen molar-refractivity contribution in [3.8, 4) is 0 Å². The van der Waals surface area contributed by atoms with Crippen molar-refractivity contribution in [1.29, 1.82) is 0 Å². The molecule has 0 aromatic carbocycles. The number of carbonyl (C=O) groups excluding carboxylic acids is 1. The van der Waals surface area contributed by atoms with Crippen LogP contribution in [-0.4, -0.2) is 23.4 Å². The second-order valence-corrected chi connectivity index (χ2v) is 6.38. The van der Waals surface area contributed by atoms with Crippen LogP contribution in [0.1, 0.15) is 42.7 Å². The van der Waals surface area contributed by atoms with Gasteiger partial charge in [-0.2, -0.15) is 0 Å². The molecule has 1 fully saturated rings. The molecule has 1 amide bonds. The Morgan fingerprint density at radius 3 is 3.06 bits per heavy atom. The average molecular weight is 264 g/mol. The van der Waals surface area contributed by atoms with Gasteiger partial charge in [0.05, 0.1) is 12.1 Å². The van der Waals surface area contributed by atoms with E-state index in [-0.39, 0.29) is 11.9 Å². The molecular weight excluding hydrogens is 244 g/mol. The Morgan fingerprint density at radius 1 is 1.61 bits per heavy atom. The van der Waals surface area contributed by atoms with Gasteiger partial charge in [0.15, 0.2) is 0 Å². The number of carbonyl (C=O) groups is 1. The van der Waals surface area contributed by atoms with Crippen molar-refractivity contribution in [3.63, 3.8) is 0 Å². The van der Waals surface area contributed by atoms with Crippen molar-refractivity contribution in [2.45, 2.75) is 44.7 Å². The van der Waals surface area contributed by atoms with Crippen LogP contribution >= 0.6 is 11.3 Å². The third-order valence-corrected chi connectivity index (χ3v) is 5.12. The van der Waals surface area contributed by atoms with Gasteiger partial charge in [0.2, 0.25) is 5.91 Å². The van der Waals surface area contributed by atoms with Crippen LogP contribution in [-0.2, 0) is 11.2 Å². The third kappa shape index (κ3) is 1.97. The minimum absolute atomic E-state index is 0.145. The normalized spacial score (nSPS) is 24.8. The van der Waals surface area contributed by atoms with Crippen molar-refractivity contribution in [1.82, 2.24) is 4.90 Å². The van der Waals surface area contributed by atoms with Gasteiger partial charge in [-0.05, 0) is 48.6 Å². The van der Waals surface area contributed by atoms with Gasteiger partial charge in [0, 0.05) is 11.4 Å². The maximum Gasteiger partial charge on any atom is 0.240 e. The molecule has 1 aromatic rings. The molecular formula is C14H20N2OS. The number of thiophene rings is 1. The number of fused-ring (bicyclic) bond motifs is 1. The molecule has 1 aliphatic carbocycles. The molecule has 2 atom stereocenters. The quantitative estimate of drug-likeness (QED) is 0.910. The lowest BCUT2D eigenvalue weighted by Crippen LogP contribution is -2.48. The topological polar surface area (TPSA) is 46.3 Å². The zero-order valence-corrected chi connectivity index (χ0v) is 11.6. The molecule has 3 rings (SSSR count). The first-order valence-corrected chi connectivity index (χ1v) is 7.72. The van der Waals surface area contributed by atoms with Crippen molar-refractivity contribution in [3.05, 3.63) is 21.9 Å². The van der Waals surface area contributed by atoms with Crippen molar-refractivity contribution in [2.75, 3.05) is 6.54 Å². The van der Waals surface area contributed by atoms with Crippen LogP contribution in [0, 0.1) is 5.92 Å². The predicted octanol–water partition coefficient (Wildman–Crippen LogP) is 2.32. The predicted molar refractivity (Wildman–Crippen MR) is 73.5 cm³/mol. The summed E-state index contributed by atoms with van der Waals surface area (Å²) in [5, 5.41) is 2.16. The lowest BCUT2D eigenvalue weighted by molar-refractivity contribution is -0.136. The SMILES string of the molecule is CCC(N)C(=O)N1CCc2sccc2C1C1CC1. The van der Waals surface area contributed by atoms with Crippen molar-refractivity contribution in [2.24, 2.45) is 11.7 Å². The number of hydrogen-bond acceptors (Lipinski definition) is 3. The molecule has 2 heterocycles. The summed E-state index contributed by atoms with van der Waals surface area (Å²) in [5.74, 6) is 0.818. The number of rotatable bonds is 3. The van der Waals surface area contributed by atoms with Crippen molar-refractivity contribution >= 4 is 17.2 Å². The average Bonchev–Trinajstić information content (AvgIpc) is 3.12. The molecule has 0 saturated heterocycles. The van der Waals surface area contributed by atoms with E-state index in [4.69, 9.17) is 5.73 Å². The van der Waals surface area contributed by atoms with Crippen LogP contribution in [0.25, 0.3) is 0 Å². The summed E-state index contributed by atoms with van der Waals surface area (Å²) >= 11 is 1.83. The second-order valence-electron chi connectivity index (χ2n) is 5.38. The van der Waals surface area contributed by atoms with Gasteiger partial charge in [0.25, 0.3) is 0 Å². The van der Waals surface area contributed by atoms with Gasteiger partial charge >= 0.3 is 0 Å². The fourth-order valence-electron chi connectivity index (χ4n) is 2.90. The highest BCUT2D eigenvalue weighted by Gasteiger charge is 2.42. The molecule has 0 bridgehead atoms. The van der Waals surface area contributed by atoms with Crippen LogP contribution in [0.5, 0.6) is 0 Å². The molecule has 98 valence electrons. The number of hydrogen-bond donors (Lipinski definition) is 1. The third-order valence-electron chi connectivity index (χ3n) is 4.12. The molecule has 1 saturated carbocycles. The summed E-state index contributed by atoms with van der Waals surface area (Å²) in [7, 11) is 0. The fraction of sp³-hybridized carbons (Fsp3) is 0.643. The molecule has 1 aromatic heterocycles. The van der Waals surface area contributed by atoms with E-state index in [1.54, 1.807) is 0 Å². The minimum Gasteiger partial charge on any atom is -0.334 e. The number of nitrogens with zero attached hydrogens (tertiary/aromatic N) is 1. The maximum atomic E-state index is 12.4. The van der Waals surface area contributed by atoms with Crippen LogP contribution in [0.15, 0.2) is 11.4 Å². The highest BCUT2D eigenvalue weighted by Crippen LogP contribution is 2.48. The Hall–Kier alpha value is -0.870. The maximum absolute atomic E-state index is 12.4. The van der Waals surface area contributed by atoms with Crippen LogP contribution in [0.3, 0.4) is 0 Å². The first-order chi connectivity index (χ1) is 8.72. The molecule has 18 heavy (non-hydrogen) atoms. The fourth-order valence-corrected chi connectivity index (χ4v) is 3.81. The summed E-state index contributed by atoms with van der Waals surface area (Å²) in [6.07, 6.45) is 4.23. The zero-order valence-electron chi connectivity index (χ0n) is 10.8. The summed E-state index contributed by atoms with van der Waals surface area (Å²) in [6.45, 7) is 2.83. The van der Waals surface area contributed by atoms with E-state index in [9.17, 15) is 4.79 Å². The summed E-state index contributed by atoms with van der Waals surface area (Å²) in [4.78, 5) is 15.9. The van der Waals surface area contributed by atoms with Crippen molar-refractivity contribution < 1.29 is 4.79 Å². The monoisotopic (exact) mass is 264 g/mol. The molecule has 1 aliphatic heterocycles. The molecule has 0 radical (unpaired) electrons. The standard InChI is InChI=1S/C14H20N2OS/c1-2-11(15)14(17)16-7-5-12-10(6-8-18-12)13(16)9-3-4-9/h6,8-9,11,13H,2-5,7,15H2,1H3. The first kappa shape index (κ1) is 12.2. The summed E-state index contributed by atoms with van der Waals surface area (Å²) in [5.41, 5.74) is 7.33. The molecule has 2 aliphatic rings. The molecule has 3 nitrogen and oxygen atoms in total. The Morgan fingerprint density at radius 2 is 2.39 bits per heavy atom.